The molecule has 11 heteroatoms. The molecular formula is C29H37N5O5S. The Kier molecular flexibility index (Phi) is 8.32. The fourth-order valence-electron chi connectivity index (χ4n) is 6.67. The molecule has 3 saturated heterocycles. The first kappa shape index (κ1) is 28.4. The van der Waals surface area contributed by atoms with Crippen LogP contribution in [0.1, 0.15) is 39.0 Å². The maximum absolute atomic E-state index is 14.5. The summed E-state index contributed by atoms with van der Waals surface area (Å²) in [4.78, 5) is 45.3. The first-order valence-corrected chi connectivity index (χ1v) is 14.9. The van der Waals surface area contributed by atoms with Crippen molar-refractivity contribution in [1.29, 1.82) is 0 Å². The standard InChI is InChI=1S/C29H37N5O5S/c1-4-7-10-16-39-28(38)23-22-13-14-29(40-22)24(23)26(36)34(19(6-3)17-35)25(29)27(37)32(15-5-2)18-33-21-12-9-8-11-20(21)30-31-33/h4-5,8-9,11-12,19,22-25,35H,1-2,6-7,10,13-18H2,3H3/t19-,22+,23-,24-,25?,29?/m0/s1. The van der Waals surface area contributed by atoms with Crippen molar-refractivity contribution in [2.75, 3.05) is 19.8 Å². The lowest BCUT2D eigenvalue weighted by Crippen LogP contribution is -2.57. The molecule has 1 aromatic heterocycles. The van der Waals surface area contributed by atoms with Crippen molar-refractivity contribution in [3.63, 3.8) is 0 Å². The summed E-state index contributed by atoms with van der Waals surface area (Å²) in [5, 5.41) is 18.7. The van der Waals surface area contributed by atoms with Gasteiger partial charge in [-0.05, 0) is 44.2 Å². The maximum Gasteiger partial charge on any atom is 0.310 e. The van der Waals surface area contributed by atoms with E-state index in [1.165, 1.54) is 0 Å². The second-order valence-electron chi connectivity index (χ2n) is 10.7. The third kappa shape index (κ3) is 4.62. The van der Waals surface area contributed by atoms with Crippen molar-refractivity contribution in [1.82, 2.24) is 24.8 Å². The van der Waals surface area contributed by atoms with Gasteiger partial charge in [0.2, 0.25) is 11.8 Å². The van der Waals surface area contributed by atoms with Crippen LogP contribution in [0.5, 0.6) is 0 Å². The summed E-state index contributed by atoms with van der Waals surface area (Å²) in [5.41, 5.74) is 1.51. The number of fused-ring (bicyclic) bond motifs is 2. The molecule has 0 aliphatic carbocycles. The summed E-state index contributed by atoms with van der Waals surface area (Å²) in [6.07, 6.45) is 6.69. The minimum Gasteiger partial charge on any atom is -0.465 e. The monoisotopic (exact) mass is 567 g/mol. The molecule has 0 radical (unpaired) electrons. The predicted molar refractivity (Wildman–Crippen MR) is 152 cm³/mol. The number of para-hydroxylation sites is 1. The van der Waals surface area contributed by atoms with Crippen LogP contribution in [0.2, 0.25) is 0 Å². The molecule has 40 heavy (non-hydrogen) atoms. The molecule has 3 fully saturated rings. The van der Waals surface area contributed by atoms with Crippen LogP contribution in [0.15, 0.2) is 49.6 Å². The van der Waals surface area contributed by atoms with Crippen molar-refractivity contribution < 1.29 is 24.2 Å². The molecule has 10 nitrogen and oxygen atoms in total. The summed E-state index contributed by atoms with van der Waals surface area (Å²) < 4.78 is 6.53. The number of hydrogen-bond donors (Lipinski definition) is 1. The number of unbranched alkanes of at least 4 members (excludes halogenated alkanes) is 1. The number of likely N-dealkylation sites (tertiary alicyclic amines) is 1. The van der Waals surface area contributed by atoms with E-state index in [2.05, 4.69) is 23.5 Å². The number of thioether (sulfide) groups is 1. The fraction of sp³-hybridized carbons (Fsp3) is 0.552. The van der Waals surface area contributed by atoms with Gasteiger partial charge in [0.1, 0.15) is 18.2 Å². The molecule has 3 aliphatic heterocycles. The Morgan fingerprint density at radius 2 is 2.12 bits per heavy atom. The van der Waals surface area contributed by atoms with Crippen LogP contribution in [0.25, 0.3) is 11.0 Å². The van der Waals surface area contributed by atoms with Crippen LogP contribution in [-0.4, -0.2) is 89.5 Å². The molecule has 214 valence electrons. The van der Waals surface area contributed by atoms with Crippen molar-refractivity contribution in [2.45, 2.75) is 67.8 Å². The number of esters is 1. The molecule has 0 saturated carbocycles. The van der Waals surface area contributed by atoms with Crippen LogP contribution in [0.3, 0.4) is 0 Å². The number of ether oxygens (including phenoxy) is 1. The highest BCUT2D eigenvalue weighted by Gasteiger charge is 2.74. The highest BCUT2D eigenvalue weighted by Crippen LogP contribution is 2.67. The molecule has 6 atom stereocenters. The summed E-state index contributed by atoms with van der Waals surface area (Å²) in [7, 11) is 0. The molecule has 1 spiro atoms. The Balaban J connectivity index is 1.49. The normalized spacial score (nSPS) is 27.6. The zero-order chi connectivity index (χ0) is 28.4. The van der Waals surface area contributed by atoms with Crippen molar-refractivity contribution in [3.05, 3.63) is 49.6 Å². The van der Waals surface area contributed by atoms with Gasteiger partial charge in [-0.3, -0.25) is 14.4 Å². The van der Waals surface area contributed by atoms with Gasteiger partial charge in [0, 0.05) is 11.8 Å². The number of amides is 2. The van der Waals surface area contributed by atoms with Crippen molar-refractivity contribution in [2.24, 2.45) is 11.8 Å². The van der Waals surface area contributed by atoms with E-state index in [-0.39, 0.29) is 49.5 Å². The minimum atomic E-state index is -0.828. The molecular weight excluding hydrogens is 530 g/mol. The third-order valence-electron chi connectivity index (χ3n) is 8.50. The second kappa shape index (κ2) is 11.7. The van der Waals surface area contributed by atoms with Gasteiger partial charge in [0.25, 0.3) is 0 Å². The molecule has 2 unspecified atom stereocenters. The van der Waals surface area contributed by atoms with E-state index < -0.39 is 28.7 Å². The van der Waals surface area contributed by atoms with Crippen molar-refractivity contribution >= 4 is 40.6 Å². The van der Waals surface area contributed by atoms with E-state index in [4.69, 9.17) is 4.74 Å². The number of nitrogens with zero attached hydrogens (tertiary/aromatic N) is 5. The summed E-state index contributed by atoms with van der Waals surface area (Å²) in [5.74, 6) is -2.14. The SMILES string of the molecule is C=CCCCOC(=O)[C@@H]1[C@H]2C(=O)N([C@@H](CC)CO)C(C(=O)N(CC=C)Cn3nnc4ccccc43)C23CC[C@H]1S3. The number of carbonyl (C=O) groups excluding carboxylic acids is 3. The number of aromatic nitrogens is 3. The van der Waals surface area contributed by atoms with Gasteiger partial charge in [-0.15, -0.1) is 30.0 Å². The lowest BCUT2D eigenvalue weighted by Gasteiger charge is -2.39. The molecule has 3 aliphatic rings. The highest BCUT2D eigenvalue weighted by atomic mass is 32.2. The lowest BCUT2D eigenvalue weighted by atomic mass is 9.71. The Morgan fingerprint density at radius 3 is 2.85 bits per heavy atom. The molecule has 2 aromatic rings. The molecule has 4 heterocycles. The van der Waals surface area contributed by atoms with E-state index in [1.54, 1.807) is 38.4 Å². The summed E-state index contributed by atoms with van der Waals surface area (Å²) in [6, 6.07) is 6.15. The van der Waals surface area contributed by atoms with Gasteiger partial charge in [0.15, 0.2) is 0 Å². The highest BCUT2D eigenvalue weighted by molar-refractivity contribution is 8.02. The van der Waals surface area contributed by atoms with E-state index >= 15 is 0 Å². The fourth-order valence-corrected chi connectivity index (χ4v) is 8.86. The largest absolute Gasteiger partial charge is 0.465 e. The zero-order valence-corrected chi connectivity index (χ0v) is 23.7. The van der Waals surface area contributed by atoms with Crippen LogP contribution >= 0.6 is 11.8 Å². The number of aliphatic hydroxyl groups excluding tert-OH is 1. The molecule has 2 amide bonds. The number of allylic oxidation sites excluding steroid dienone is 1. The quantitative estimate of drug-likeness (QED) is 0.223. The Bertz CT molecular complexity index is 1290. The van der Waals surface area contributed by atoms with Gasteiger partial charge >= 0.3 is 5.97 Å². The van der Waals surface area contributed by atoms with Crippen LogP contribution in [-0.2, 0) is 25.8 Å². The number of benzene rings is 1. The van der Waals surface area contributed by atoms with E-state index in [9.17, 15) is 19.5 Å². The van der Waals surface area contributed by atoms with Gasteiger partial charge in [-0.2, -0.15) is 0 Å². The Hall–Kier alpha value is -3.18. The van der Waals surface area contributed by atoms with Gasteiger partial charge < -0.3 is 19.6 Å². The minimum absolute atomic E-state index is 0.0837. The molecule has 1 aromatic carbocycles. The summed E-state index contributed by atoms with van der Waals surface area (Å²) >= 11 is 1.59. The lowest BCUT2D eigenvalue weighted by molar-refractivity contribution is -0.154. The van der Waals surface area contributed by atoms with Gasteiger partial charge in [0.05, 0.1) is 41.4 Å². The first-order chi connectivity index (χ1) is 19.4. The smallest absolute Gasteiger partial charge is 0.310 e. The molecule has 1 N–H and O–H groups in total. The molecule has 5 rings (SSSR count). The first-order valence-electron chi connectivity index (χ1n) is 14.0. The maximum atomic E-state index is 14.5. The van der Waals surface area contributed by atoms with Gasteiger partial charge in [-0.1, -0.05) is 36.4 Å². The van der Waals surface area contributed by atoms with Crippen molar-refractivity contribution in [3.8, 4) is 0 Å². The number of aliphatic hydroxyl groups is 1. The second-order valence-corrected chi connectivity index (χ2v) is 12.3. The number of hydrogen-bond acceptors (Lipinski definition) is 8. The third-order valence-corrected chi connectivity index (χ3v) is 10.5. The summed E-state index contributed by atoms with van der Waals surface area (Å²) in [6.45, 7) is 9.82. The van der Waals surface area contributed by atoms with E-state index in [1.807, 2.05) is 31.2 Å². The van der Waals surface area contributed by atoms with E-state index in [0.29, 0.717) is 19.3 Å². The number of rotatable bonds is 13. The average Bonchev–Trinajstić information content (AvgIpc) is 3.71. The van der Waals surface area contributed by atoms with Gasteiger partial charge in [-0.25, -0.2) is 4.68 Å². The van der Waals surface area contributed by atoms with Crippen LogP contribution < -0.4 is 0 Å². The molecule has 2 bridgehead atoms. The Morgan fingerprint density at radius 1 is 1.32 bits per heavy atom. The Labute approximate surface area is 238 Å². The number of carbonyl (C=O) groups is 3. The topological polar surface area (TPSA) is 118 Å². The predicted octanol–water partition coefficient (Wildman–Crippen LogP) is 2.77. The average molecular weight is 568 g/mol. The van der Waals surface area contributed by atoms with Crippen LogP contribution in [0, 0.1) is 11.8 Å². The van der Waals surface area contributed by atoms with Crippen LogP contribution in [0.4, 0.5) is 0 Å². The zero-order valence-electron chi connectivity index (χ0n) is 22.9. The van der Waals surface area contributed by atoms with E-state index in [0.717, 1.165) is 23.9 Å².